The molecule has 0 bridgehead atoms. The van der Waals surface area contributed by atoms with Crippen LogP contribution >= 0.6 is 11.5 Å². The maximum Gasteiger partial charge on any atom is 0.115 e. The van der Waals surface area contributed by atoms with E-state index in [0.29, 0.717) is 0 Å². The van der Waals surface area contributed by atoms with Gasteiger partial charge in [-0.25, -0.2) is 0 Å². The van der Waals surface area contributed by atoms with Crippen LogP contribution in [-0.2, 0) is 6.42 Å². The quantitative estimate of drug-likeness (QED) is 0.794. The monoisotopic (exact) mass is 192 g/mol. The van der Waals surface area contributed by atoms with Crippen LogP contribution in [0.5, 0.6) is 0 Å². The Balaban J connectivity index is 2.65. The van der Waals surface area contributed by atoms with Crippen LogP contribution in [-0.4, -0.2) is 4.37 Å². The lowest BCUT2D eigenvalue weighted by molar-refractivity contribution is 0.930. The van der Waals surface area contributed by atoms with Gasteiger partial charge in [-0.15, -0.1) is 0 Å². The molecule has 2 N–H and O–H groups in total. The summed E-state index contributed by atoms with van der Waals surface area (Å²) in [6, 6.07) is 6.20. The highest BCUT2D eigenvalue weighted by Gasteiger charge is 2.06. The zero-order chi connectivity index (χ0) is 9.26. The van der Waals surface area contributed by atoms with E-state index in [0.717, 1.165) is 28.7 Å². The zero-order valence-electron chi connectivity index (χ0n) is 7.58. The summed E-state index contributed by atoms with van der Waals surface area (Å²) < 4.78 is 4.28. The summed E-state index contributed by atoms with van der Waals surface area (Å²) >= 11 is 1.39. The molecule has 0 atom stereocenters. The number of fused-ring (bicyclic) bond motifs is 1. The minimum atomic E-state index is 0.846. The van der Waals surface area contributed by atoms with Gasteiger partial charge < -0.3 is 5.73 Å². The van der Waals surface area contributed by atoms with Crippen LogP contribution in [0.15, 0.2) is 18.2 Å². The van der Waals surface area contributed by atoms with Crippen molar-refractivity contribution in [1.82, 2.24) is 4.37 Å². The van der Waals surface area contributed by atoms with Crippen molar-refractivity contribution in [1.29, 1.82) is 0 Å². The van der Waals surface area contributed by atoms with Crippen molar-refractivity contribution in [3.63, 3.8) is 0 Å². The lowest BCUT2D eigenvalue weighted by Gasteiger charge is -2.00. The molecule has 13 heavy (non-hydrogen) atoms. The first-order valence-corrected chi connectivity index (χ1v) is 5.23. The highest BCUT2D eigenvalue weighted by molar-refractivity contribution is 7.11. The van der Waals surface area contributed by atoms with E-state index in [4.69, 9.17) is 5.73 Å². The highest BCUT2D eigenvalue weighted by atomic mass is 32.1. The number of nitrogens with two attached hydrogens (primary N) is 1. The summed E-state index contributed by atoms with van der Waals surface area (Å²) in [6.07, 6.45) is 2.23. The minimum Gasteiger partial charge on any atom is -0.389 e. The molecule has 0 fully saturated rings. The Kier molecular flexibility index (Phi) is 2.19. The van der Waals surface area contributed by atoms with Gasteiger partial charge in [0.1, 0.15) is 5.00 Å². The SMILES string of the molecule is CCCc1cccc2nsc(N)c12. The maximum atomic E-state index is 5.86. The smallest absolute Gasteiger partial charge is 0.115 e. The average Bonchev–Trinajstić information content (AvgIpc) is 2.50. The number of anilines is 1. The van der Waals surface area contributed by atoms with Crippen molar-refractivity contribution in [2.75, 3.05) is 5.73 Å². The van der Waals surface area contributed by atoms with E-state index < -0.39 is 0 Å². The topological polar surface area (TPSA) is 38.9 Å². The number of benzene rings is 1. The van der Waals surface area contributed by atoms with Gasteiger partial charge >= 0.3 is 0 Å². The van der Waals surface area contributed by atoms with E-state index in [2.05, 4.69) is 17.4 Å². The van der Waals surface area contributed by atoms with Crippen LogP contribution in [0, 0.1) is 0 Å². The molecule has 0 aliphatic carbocycles. The van der Waals surface area contributed by atoms with E-state index in [1.54, 1.807) is 0 Å². The van der Waals surface area contributed by atoms with Crippen LogP contribution in [0.2, 0.25) is 0 Å². The Morgan fingerprint density at radius 2 is 2.31 bits per heavy atom. The van der Waals surface area contributed by atoms with E-state index >= 15 is 0 Å². The summed E-state index contributed by atoms with van der Waals surface area (Å²) in [6.45, 7) is 2.18. The van der Waals surface area contributed by atoms with E-state index in [1.807, 2.05) is 12.1 Å². The molecule has 0 radical (unpaired) electrons. The minimum absolute atomic E-state index is 0.846. The van der Waals surface area contributed by atoms with Crippen molar-refractivity contribution >= 4 is 27.4 Å². The molecule has 3 heteroatoms. The van der Waals surface area contributed by atoms with Gasteiger partial charge in [-0.3, -0.25) is 0 Å². The Bertz CT molecular complexity index is 420. The fourth-order valence-corrected chi connectivity index (χ4v) is 2.24. The van der Waals surface area contributed by atoms with Crippen molar-refractivity contribution in [2.45, 2.75) is 19.8 Å². The summed E-state index contributed by atoms with van der Waals surface area (Å²) in [5, 5.41) is 2.01. The molecule has 1 heterocycles. The van der Waals surface area contributed by atoms with Gasteiger partial charge in [0.2, 0.25) is 0 Å². The van der Waals surface area contributed by atoms with Crippen molar-refractivity contribution in [3.05, 3.63) is 23.8 Å². The Morgan fingerprint density at radius 3 is 3.08 bits per heavy atom. The molecular weight excluding hydrogens is 180 g/mol. The van der Waals surface area contributed by atoms with Crippen LogP contribution in [0.3, 0.4) is 0 Å². The van der Waals surface area contributed by atoms with Gasteiger partial charge in [-0.1, -0.05) is 25.5 Å². The number of aryl methyl sites for hydroxylation is 1. The zero-order valence-corrected chi connectivity index (χ0v) is 8.40. The first kappa shape index (κ1) is 8.51. The van der Waals surface area contributed by atoms with E-state index in [9.17, 15) is 0 Å². The number of hydrogen-bond donors (Lipinski definition) is 1. The summed E-state index contributed by atoms with van der Waals surface area (Å²) in [5.74, 6) is 0. The lowest BCUT2D eigenvalue weighted by Crippen LogP contribution is -1.87. The third-order valence-electron chi connectivity index (χ3n) is 2.14. The maximum absolute atomic E-state index is 5.86. The second-order valence-corrected chi connectivity index (χ2v) is 3.91. The number of aromatic nitrogens is 1. The van der Waals surface area contributed by atoms with Gasteiger partial charge in [0, 0.05) is 5.39 Å². The highest BCUT2D eigenvalue weighted by Crippen LogP contribution is 2.28. The fourth-order valence-electron chi connectivity index (χ4n) is 1.57. The summed E-state index contributed by atoms with van der Waals surface area (Å²) in [7, 11) is 0. The number of nitrogens with zero attached hydrogens (tertiary/aromatic N) is 1. The molecule has 68 valence electrons. The molecule has 0 amide bonds. The summed E-state index contributed by atoms with van der Waals surface area (Å²) in [4.78, 5) is 0. The predicted octanol–water partition coefficient (Wildman–Crippen LogP) is 2.83. The number of nitrogen functional groups attached to an aromatic ring is 1. The lowest BCUT2D eigenvalue weighted by atomic mass is 10.1. The third-order valence-corrected chi connectivity index (χ3v) is 2.83. The van der Waals surface area contributed by atoms with Gasteiger partial charge in [-0.05, 0) is 29.6 Å². The summed E-state index contributed by atoms with van der Waals surface area (Å²) in [5.41, 5.74) is 8.22. The van der Waals surface area contributed by atoms with E-state index in [-0.39, 0.29) is 0 Å². The van der Waals surface area contributed by atoms with E-state index in [1.165, 1.54) is 17.1 Å². The molecule has 0 saturated carbocycles. The van der Waals surface area contributed by atoms with Crippen LogP contribution in [0.1, 0.15) is 18.9 Å². The first-order chi connectivity index (χ1) is 6.33. The molecule has 1 aromatic heterocycles. The molecule has 2 aromatic rings. The second-order valence-electron chi connectivity index (χ2n) is 3.11. The standard InChI is InChI=1S/C10H12N2S/c1-2-4-7-5-3-6-8-9(7)10(11)13-12-8/h3,5-6H,2,4,11H2,1H3. The molecule has 0 aliphatic rings. The molecule has 2 rings (SSSR count). The number of hydrogen-bond acceptors (Lipinski definition) is 3. The van der Waals surface area contributed by atoms with Crippen molar-refractivity contribution in [3.8, 4) is 0 Å². The molecule has 0 unspecified atom stereocenters. The fraction of sp³-hybridized carbons (Fsp3) is 0.300. The average molecular weight is 192 g/mol. The molecule has 1 aromatic carbocycles. The Hall–Kier alpha value is -1.09. The van der Waals surface area contributed by atoms with Gasteiger partial charge in [-0.2, -0.15) is 4.37 Å². The Morgan fingerprint density at radius 1 is 1.46 bits per heavy atom. The van der Waals surface area contributed by atoms with Crippen LogP contribution in [0.25, 0.3) is 10.9 Å². The van der Waals surface area contributed by atoms with Crippen molar-refractivity contribution < 1.29 is 0 Å². The van der Waals surface area contributed by atoms with Gasteiger partial charge in [0.25, 0.3) is 0 Å². The van der Waals surface area contributed by atoms with Crippen LogP contribution < -0.4 is 5.73 Å². The van der Waals surface area contributed by atoms with Gasteiger partial charge in [0.15, 0.2) is 0 Å². The second kappa shape index (κ2) is 3.34. The Labute approximate surface area is 81.5 Å². The van der Waals surface area contributed by atoms with Gasteiger partial charge in [0.05, 0.1) is 5.52 Å². The molecular formula is C10H12N2S. The first-order valence-electron chi connectivity index (χ1n) is 4.45. The third kappa shape index (κ3) is 1.40. The predicted molar refractivity (Wildman–Crippen MR) is 58.0 cm³/mol. The number of rotatable bonds is 2. The van der Waals surface area contributed by atoms with Crippen LogP contribution in [0.4, 0.5) is 5.00 Å². The molecule has 0 spiro atoms. The largest absolute Gasteiger partial charge is 0.389 e. The molecule has 0 saturated heterocycles. The molecule has 2 nitrogen and oxygen atoms in total. The molecule has 0 aliphatic heterocycles. The normalized spacial score (nSPS) is 10.8. The van der Waals surface area contributed by atoms with Crippen molar-refractivity contribution in [2.24, 2.45) is 0 Å².